The number of hydrogen-bond acceptors (Lipinski definition) is 4. The Morgan fingerprint density at radius 2 is 1.77 bits per heavy atom. The maximum atomic E-state index is 13.1. The smallest absolute Gasteiger partial charge is 0.387 e. The van der Waals surface area contributed by atoms with Crippen LogP contribution < -0.4 is 9.47 Å². The Morgan fingerprint density at radius 1 is 1.03 bits per heavy atom. The van der Waals surface area contributed by atoms with Crippen LogP contribution in [0.15, 0.2) is 48.5 Å². The minimum atomic E-state index is -2.95. The number of benzene rings is 2. The van der Waals surface area contributed by atoms with Gasteiger partial charge >= 0.3 is 6.61 Å². The molecule has 0 aliphatic carbocycles. The van der Waals surface area contributed by atoms with Crippen molar-refractivity contribution >= 4 is 17.9 Å². The van der Waals surface area contributed by atoms with Gasteiger partial charge in [-0.15, -0.1) is 0 Å². The third-order valence-corrected chi connectivity index (χ3v) is 6.50. The Balaban J connectivity index is 1.30. The van der Waals surface area contributed by atoms with Gasteiger partial charge in [0.15, 0.2) is 11.5 Å². The summed E-state index contributed by atoms with van der Waals surface area (Å²) in [6.07, 6.45) is 5.25. The number of alkyl halides is 2. The van der Waals surface area contributed by atoms with E-state index in [2.05, 4.69) is 16.9 Å². The molecule has 35 heavy (non-hydrogen) atoms. The van der Waals surface area contributed by atoms with Gasteiger partial charge < -0.3 is 19.3 Å². The van der Waals surface area contributed by atoms with Crippen molar-refractivity contribution < 1.29 is 27.8 Å². The molecular weight excluding hydrogens is 454 g/mol. The third-order valence-electron chi connectivity index (χ3n) is 6.50. The summed E-state index contributed by atoms with van der Waals surface area (Å²) in [6.45, 7) is 1.53. The van der Waals surface area contributed by atoms with Crippen LogP contribution in [0.5, 0.6) is 11.5 Å². The van der Waals surface area contributed by atoms with Crippen LogP contribution in [0.25, 0.3) is 6.08 Å². The van der Waals surface area contributed by atoms with Gasteiger partial charge in [0.1, 0.15) is 0 Å². The molecule has 2 aromatic rings. The molecule has 0 atom stereocenters. The number of piperidine rings is 1. The molecule has 0 aromatic heterocycles. The fraction of sp³-hybridized carbons (Fsp3) is 0.407. The number of hydrogen-bond donors (Lipinski definition) is 0. The summed E-state index contributed by atoms with van der Waals surface area (Å²) < 4.78 is 35.0. The monoisotopic (exact) mass is 484 g/mol. The Kier molecular flexibility index (Phi) is 8.00. The quantitative estimate of drug-likeness (QED) is 0.542. The molecule has 4 rings (SSSR count). The van der Waals surface area contributed by atoms with E-state index in [1.165, 1.54) is 23.3 Å². The number of rotatable bonds is 7. The average molecular weight is 485 g/mol. The number of ether oxygens (including phenoxy) is 2. The van der Waals surface area contributed by atoms with Crippen LogP contribution in [0.3, 0.4) is 0 Å². The molecule has 0 unspecified atom stereocenters. The third kappa shape index (κ3) is 6.18. The van der Waals surface area contributed by atoms with Crippen molar-refractivity contribution in [1.82, 2.24) is 9.80 Å². The summed E-state index contributed by atoms with van der Waals surface area (Å²) in [5.41, 5.74) is 3.17. The summed E-state index contributed by atoms with van der Waals surface area (Å²) in [7, 11) is 0. The van der Waals surface area contributed by atoms with Gasteiger partial charge in [-0.25, -0.2) is 0 Å². The number of fused-ring (bicyclic) bond motifs is 1. The summed E-state index contributed by atoms with van der Waals surface area (Å²) in [4.78, 5) is 29.5. The number of likely N-dealkylation sites (tertiary alicyclic amines) is 1. The predicted octanol–water partition coefficient (Wildman–Crippen LogP) is 4.52. The van der Waals surface area contributed by atoms with E-state index < -0.39 is 6.61 Å². The highest BCUT2D eigenvalue weighted by atomic mass is 19.3. The van der Waals surface area contributed by atoms with E-state index in [0.717, 1.165) is 13.0 Å². The number of nitrogens with zero attached hydrogens (tertiary/aromatic N) is 2. The van der Waals surface area contributed by atoms with Gasteiger partial charge in [0.05, 0.1) is 6.61 Å². The Labute approximate surface area is 204 Å². The summed E-state index contributed by atoms with van der Waals surface area (Å²) in [5, 5.41) is 0. The zero-order valence-corrected chi connectivity index (χ0v) is 19.8. The minimum absolute atomic E-state index is 0.0470. The molecule has 0 radical (unpaired) electrons. The molecule has 2 amide bonds. The second-order valence-electron chi connectivity index (χ2n) is 8.73. The molecule has 0 saturated carbocycles. The average Bonchev–Trinajstić information content (AvgIpc) is 2.88. The molecule has 1 fully saturated rings. The highest BCUT2D eigenvalue weighted by Crippen LogP contribution is 2.30. The van der Waals surface area contributed by atoms with Crippen molar-refractivity contribution in [3.8, 4) is 11.5 Å². The molecule has 6 nitrogen and oxygen atoms in total. The fourth-order valence-electron chi connectivity index (χ4n) is 4.65. The van der Waals surface area contributed by atoms with Crippen LogP contribution in [-0.4, -0.2) is 54.5 Å². The first-order chi connectivity index (χ1) is 16.9. The van der Waals surface area contributed by atoms with E-state index in [1.54, 1.807) is 30.0 Å². The van der Waals surface area contributed by atoms with Gasteiger partial charge in [0.25, 0.3) is 0 Å². The van der Waals surface area contributed by atoms with Crippen LogP contribution in [0.4, 0.5) is 8.78 Å². The largest absolute Gasteiger partial charge is 0.490 e. The minimum Gasteiger partial charge on any atom is -0.490 e. The molecule has 2 aromatic carbocycles. The Hall–Kier alpha value is -3.42. The number of carbonyl (C=O) groups excluding carboxylic acids is 2. The van der Waals surface area contributed by atoms with Crippen molar-refractivity contribution in [3.63, 3.8) is 0 Å². The van der Waals surface area contributed by atoms with Gasteiger partial charge in [-0.1, -0.05) is 30.3 Å². The zero-order chi connectivity index (χ0) is 24.8. The molecule has 1 saturated heterocycles. The van der Waals surface area contributed by atoms with Gasteiger partial charge in [0.2, 0.25) is 11.8 Å². The van der Waals surface area contributed by atoms with Crippen LogP contribution in [0.2, 0.25) is 0 Å². The highest BCUT2D eigenvalue weighted by molar-refractivity contribution is 5.92. The highest BCUT2D eigenvalue weighted by Gasteiger charge is 2.31. The normalized spacial score (nSPS) is 16.5. The van der Waals surface area contributed by atoms with Gasteiger partial charge in [-0.3, -0.25) is 9.59 Å². The molecule has 2 aliphatic rings. The first-order valence-electron chi connectivity index (χ1n) is 12.0. The molecule has 186 valence electrons. The molecule has 8 heteroatoms. The molecule has 0 N–H and O–H groups in total. The van der Waals surface area contributed by atoms with Gasteiger partial charge in [-0.05, 0) is 61.1 Å². The summed E-state index contributed by atoms with van der Waals surface area (Å²) in [5.74, 6) is 0.117. The molecular formula is C27H30F2N2O4. The predicted molar refractivity (Wildman–Crippen MR) is 128 cm³/mol. The van der Waals surface area contributed by atoms with E-state index in [4.69, 9.17) is 4.74 Å². The van der Waals surface area contributed by atoms with E-state index in [-0.39, 0.29) is 29.2 Å². The summed E-state index contributed by atoms with van der Waals surface area (Å²) >= 11 is 0. The lowest BCUT2D eigenvalue weighted by Gasteiger charge is -2.35. The van der Waals surface area contributed by atoms with Crippen molar-refractivity contribution in [2.75, 3.05) is 26.2 Å². The van der Waals surface area contributed by atoms with Crippen molar-refractivity contribution in [3.05, 3.63) is 65.2 Å². The lowest BCUT2D eigenvalue weighted by atomic mass is 9.93. The van der Waals surface area contributed by atoms with Gasteiger partial charge in [-0.2, -0.15) is 8.78 Å². The number of halogens is 2. The lowest BCUT2D eigenvalue weighted by molar-refractivity contribution is -0.140. The Bertz CT molecular complexity index is 1080. The fourth-order valence-corrected chi connectivity index (χ4v) is 4.65. The SMILES string of the molecule is CCOc1cc(/C=C/C(=O)N2CCC(C(=O)N3CCc4ccccc4C3)CC2)ccc1OC(F)F. The number of amides is 2. The molecule has 0 spiro atoms. The second-order valence-corrected chi connectivity index (χ2v) is 8.73. The van der Waals surface area contributed by atoms with E-state index in [9.17, 15) is 18.4 Å². The Morgan fingerprint density at radius 3 is 2.49 bits per heavy atom. The molecule has 2 aliphatic heterocycles. The summed E-state index contributed by atoms with van der Waals surface area (Å²) in [6, 6.07) is 12.8. The van der Waals surface area contributed by atoms with Crippen LogP contribution >= 0.6 is 0 Å². The maximum Gasteiger partial charge on any atom is 0.387 e. The van der Waals surface area contributed by atoms with Crippen molar-refractivity contribution in [1.29, 1.82) is 0 Å². The van der Waals surface area contributed by atoms with Crippen LogP contribution in [-0.2, 0) is 22.6 Å². The second kappa shape index (κ2) is 11.3. The topological polar surface area (TPSA) is 59.1 Å². The van der Waals surface area contributed by atoms with Crippen LogP contribution in [0, 0.1) is 5.92 Å². The first kappa shape index (κ1) is 24.7. The van der Waals surface area contributed by atoms with Crippen molar-refractivity contribution in [2.24, 2.45) is 5.92 Å². The van der Waals surface area contributed by atoms with E-state index in [1.807, 2.05) is 17.0 Å². The standard InChI is InChI=1S/C27H30F2N2O4/c1-2-34-24-17-19(7-9-23(24)35-27(28)29)8-10-25(32)30-14-12-21(13-15-30)26(33)31-16-11-20-5-3-4-6-22(20)18-31/h3-10,17,21,27H,2,11-16,18H2,1H3/b10-8+. The maximum absolute atomic E-state index is 13.1. The molecule has 0 bridgehead atoms. The zero-order valence-electron chi connectivity index (χ0n) is 19.8. The van der Waals surface area contributed by atoms with E-state index in [0.29, 0.717) is 44.6 Å². The first-order valence-corrected chi connectivity index (χ1v) is 12.0. The van der Waals surface area contributed by atoms with Crippen LogP contribution in [0.1, 0.15) is 36.5 Å². The number of carbonyl (C=O) groups is 2. The van der Waals surface area contributed by atoms with Gasteiger partial charge in [0, 0.05) is 38.2 Å². The van der Waals surface area contributed by atoms with Crippen molar-refractivity contribution in [2.45, 2.75) is 39.3 Å². The molecule has 2 heterocycles. The van der Waals surface area contributed by atoms with E-state index >= 15 is 0 Å². The lowest BCUT2D eigenvalue weighted by Crippen LogP contribution is -2.45.